The summed E-state index contributed by atoms with van der Waals surface area (Å²) < 4.78 is 36.7. The van der Waals surface area contributed by atoms with Crippen LogP contribution < -0.4 is 18.6 Å². The molecule has 3 aliphatic rings. The van der Waals surface area contributed by atoms with Gasteiger partial charge in [0.15, 0.2) is 5.71 Å². The van der Waals surface area contributed by atoms with Crippen LogP contribution in [0.25, 0.3) is 0 Å². The summed E-state index contributed by atoms with van der Waals surface area (Å²) in [6, 6.07) is 0. The van der Waals surface area contributed by atoms with E-state index in [2.05, 4.69) is 4.58 Å². The van der Waals surface area contributed by atoms with Gasteiger partial charge in [-0.3, -0.25) is 0 Å². The van der Waals surface area contributed by atoms with Crippen LogP contribution in [0, 0.1) is 22.1 Å². The molecule has 5 nitrogen and oxygen atoms in total. The molecular weight excluding hydrogens is 258 g/mol. The average molecular weight is 278 g/mol. The molecule has 1 fully saturated rings. The summed E-state index contributed by atoms with van der Waals surface area (Å²) in [5, 5.41) is 0. The molecule has 6 heteroatoms. The van der Waals surface area contributed by atoms with Crippen molar-refractivity contribution in [3.8, 4) is 0 Å². The summed E-state index contributed by atoms with van der Waals surface area (Å²) >= 11 is 0. The molecule has 0 saturated heterocycles. The minimum absolute atomic E-state index is 1.01. The maximum Gasteiger partial charge on any atom is 0.158 e. The van der Waals surface area contributed by atoms with Crippen molar-refractivity contribution >= 4 is 5.71 Å². The lowest BCUT2D eigenvalue weighted by atomic mass is 9.72. The highest BCUT2D eigenvalue weighted by Gasteiger charge is 2.40. The zero-order valence-corrected chi connectivity index (χ0v) is 11.2. The normalized spacial score (nSPS) is 31.3. The third kappa shape index (κ3) is 3.90. The smallest absolute Gasteiger partial charge is 0.158 e. The van der Waals surface area contributed by atoms with Gasteiger partial charge in [-0.15, -0.1) is 10.2 Å². The Morgan fingerprint density at radius 1 is 0.778 bits per heavy atom. The Morgan fingerprint density at radius 3 is 1.61 bits per heavy atom. The summed E-state index contributed by atoms with van der Waals surface area (Å²) in [7, 11) is -4.94. The maximum absolute atomic E-state index is 8.49. The predicted octanol–water partition coefficient (Wildman–Crippen LogP) is -2.31. The van der Waals surface area contributed by atoms with Crippen molar-refractivity contribution in [2.45, 2.75) is 44.9 Å². The van der Waals surface area contributed by atoms with Gasteiger partial charge < -0.3 is 0 Å². The van der Waals surface area contributed by atoms with Crippen LogP contribution in [0.3, 0.4) is 0 Å². The second-order valence-electron chi connectivity index (χ2n) is 5.40. The number of rotatable bonds is 0. The number of hydrogen-bond donors (Lipinski definition) is 0. The van der Waals surface area contributed by atoms with E-state index in [0.717, 1.165) is 11.8 Å². The third-order valence-electron chi connectivity index (χ3n) is 4.27. The van der Waals surface area contributed by atoms with Crippen LogP contribution >= 0.6 is 0 Å². The van der Waals surface area contributed by atoms with Gasteiger partial charge >= 0.3 is 0 Å². The SMILES string of the molecule is C1CC2CCC[N+]3=C2C(C1)CCC3.[O-][Cl+3]([O-])([O-])[O-]. The van der Waals surface area contributed by atoms with Gasteiger partial charge in [0, 0.05) is 24.7 Å². The quantitative estimate of drug-likeness (QED) is 0.465. The van der Waals surface area contributed by atoms with E-state index in [-0.39, 0.29) is 0 Å². The van der Waals surface area contributed by atoms with Crippen molar-refractivity contribution < 1.29 is 33.5 Å². The summed E-state index contributed by atoms with van der Waals surface area (Å²) in [5.41, 5.74) is 1.89. The van der Waals surface area contributed by atoms with E-state index in [1.807, 2.05) is 5.71 Å². The third-order valence-corrected chi connectivity index (χ3v) is 4.27. The second kappa shape index (κ2) is 5.84. The minimum atomic E-state index is -4.94. The lowest BCUT2D eigenvalue weighted by Crippen LogP contribution is -2.68. The van der Waals surface area contributed by atoms with Gasteiger partial charge in [0.2, 0.25) is 0 Å². The van der Waals surface area contributed by atoms with Gasteiger partial charge in [-0.1, -0.05) is 6.42 Å². The fourth-order valence-electron chi connectivity index (χ4n) is 3.77. The molecule has 2 atom stereocenters. The molecule has 104 valence electrons. The van der Waals surface area contributed by atoms with E-state index < -0.39 is 10.2 Å². The van der Waals surface area contributed by atoms with E-state index in [9.17, 15) is 0 Å². The average Bonchev–Trinajstić information content (AvgIpc) is 2.28. The van der Waals surface area contributed by atoms with E-state index >= 15 is 0 Å². The highest BCUT2D eigenvalue weighted by Crippen LogP contribution is 2.36. The standard InChI is InChI=1S/C12H20N.ClHO4/c1-4-10-6-2-8-13-9-3-7-11(5-1)12(10)13;2-1(3,4)5/h10-11H,1-9H2;(H,2,3,4,5)/q+1;/p-1. The summed E-state index contributed by atoms with van der Waals surface area (Å²) in [4.78, 5) is 0. The fourth-order valence-corrected chi connectivity index (χ4v) is 3.77. The van der Waals surface area contributed by atoms with Crippen LogP contribution in [0.4, 0.5) is 0 Å². The first-order chi connectivity index (χ1) is 8.45. The maximum atomic E-state index is 8.49. The first-order valence-corrected chi connectivity index (χ1v) is 7.92. The Hall–Kier alpha value is -0.200. The van der Waals surface area contributed by atoms with Crippen LogP contribution in [0.2, 0.25) is 0 Å². The molecule has 0 amide bonds. The molecule has 2 heterocycles. The highest BCUT2D eigenvalue weighted by atomic mass is 35.7. The van der Waals surface area contributed by atoms with Crippen LogP contribution in [-0.4, -0.2) is 23.4 Å². The minimum Gasteiger partial charge on any atom is -0.237 e. The van der Waals surface area contributed by atoms with Crippen molar-refractivity contribution in [1.29, 1.82) is 0 Å². The largest absolute Gasteiger partial charge is 0.237 e. The van der Waals surface area contributed by atoms with Crippen LogP contribution in [-0.2, 0) is 0 Å². The highest BCUT2D eigenvalue weighted by molar-refractivity contribution is 5.85. The van der Waals surface area contributed by atoms with Gasteiger partial charge in [0.25, 0.3) is 0 Å². The van der Waals surface area contributed by atoms with Gasteiger partial charge in [0.1, 0.15) is 13.1 Å². The molecular formula is C12H20ClNO4. The number of hydrogen-bond acceptors (Lipinski definition) is 4. The Bertz CT molecular complexity index is 299. The van der Waals surface area contributed by atoms with E-state index in [4.69, 9.17) is 18.6 Å². The Balaban J connectivity index is 0.000000209. The predicted molar refractivity (Wildman–Crippen MR) is 54.3 cm³/mol. The lowest BCUT2D eigenvalue weighted by molar-refractivity contribution is -2.00. The molecule has 0 N–H and O–H groups in total. The number of halogens is 1. The topological polar surface area (TPSA) is 95.2 Å². The van der Waals surface area contributed by atoms with E-state index in [1.165, 1.54) is 58.0 Å². The molecule has 0 aromatic heterocycles. The molecule has 2 aliphatic heterocycles. The number of nitrogens with zero attached hydrogens (tertiary/aromatic N) is 1. The van der Waals surface area contributed by atoms with Crippen molar-refractivity contribution in [3.05, 3.63) is 0 Å². The molecule has 0 radical (unpaired) electrons. The van der Waals surface area contributed by atoms with Gasteiger partial charge in [-0.05, 0) is 25.7 Å². The van der Waals surface area contributed by atoms with Gasteiger partial charge in [-0.2, -0.15) is 0 Å². The van der Waals surface area contributed by atoms with Crippen molar-refractivity contribution in [1.82, 2.24) is 0 Å². The van der Waals surface area contributed by atoms with Crippen molar-refractivity contribution in [2.24, 2.45) is 11.8 Å². The van der Waals surface area contributed by atoms with Crippen LogP contribution in [0.15, 0.2) is 0 Å². The summed E-state index contributed by atoms with van der Waals surface area (Å²) in [5.74, 6) is 2.01. The van der Waals surface area contributed by atoms with Gasteiger partial charge in [0.05, 0.1) is 0 Å². The molecule has 3 rings (SSSR count). The lowest BCUT2D eigenvalue weighted by Gasteiger charge is -2.35. The molecule has 0 aromatic rings. The Morgan fingerprint density at radius 2 is 1.17 bits per heavy atom. The van der Waals surface area contributed by atoms with Crippen LogP contribution in [0.1, 0.15) is 44.9 Å². The Labute approximate surface area is 109 Å². The monoisotopic (exact) mass is 277 g/mol. The molecule has 1 saturated carbocycles. The molecule has 0 aromatic carbocycles. The van der Waals surface area contributed by atoms with Crippen molar-refractivity contribution in [3.63, 3.8) is 0 Å². The van der Waals surface area contributed by atoms with Gasteiger partial charge in [-0.25, -0.2) is 23.2 Å². The molecule has 18 heavy (non-hydrogen) atoms. The van der Waals surface area contributed by atoms with E-state index in [1.54, 1.807) is 0 Å². The summed E-state index contributed by atoms with van der Waals surface area (Å²) in [6.45, 7) is 2.75. The first-order valence-electron chi connectivity index (χ1n) is 6.68. The van der Waals surface area contributed by atoms with Crippen molar-refractivity contribution in [2.75, 3.05) is 13.1 Å². The first kappa shape index (κ1) is 14.2. The fraction of sp³-hybridized carbons (Fsp3) is 0.917. The molecule has 0 bridgehead atoms. The second-order valence-corrected chi connectivity index (χ2v) is 6.16. The summed E-state index contributed by atoms with van der Waals surface area (Å²) in [6.07, 6.45) is 10.4. The molecule has 0 spiro atoms. The molecule has 1 aliphatic carbocycles. The zero-order chi connectivity index (χ0) is 13.2. The zero-order valence-electron chi connectivity index (χ0n) is 10.5. The van der Waals surface area contributed by atoms with E-state index in [0.29, 0.717) is 0 Å². The molecule has 2 unspecified atom stereocenters. The van der Waals surface area contributed by atoms with Crippen LogP contribution in [0.5, 0.6) is 0 Å². The Kier molecular flexibility index (Phi) is 4.61.